The van der Waals surface area contributed by atoms with Crippen LogP contribution in [0, 0.1) is 6.92 Å². The fourth-order valence-corrected chi connectivity index (χ4v) is 15.5. The van der Waals surface area contributed by atoms with Gasteiger partial charge in [0.15, 0.2) is 0 Å². The van der Waals surface area contributed by atoms with Crippen LogP contribution < -0.4 is 31.1 Å². The molecule has 16 rings (SSSR count). The molecule has 12 aromatic rings. The molecule has 358 valence electrons. The zero-order chi connectivity index (χ0) is 49.7. The molecule has 1 saturated carbocycles. The highest BCUT2D eigenvalue weighted by Gasteiger charge is 2.58. The molecule has 0 N–H and O–H groups in total. The van der Waals surface area contributed by atoms with Crippen LogP contribution in [0.25, 0.3) is 64.4 Å². The number of nitrogens with zero attached hydrogens (tertiary/aromatic N) is 3. The van der Waals surface area contributed by atoms with Crippen LogP contribution in [-0.2, 0) is 5.41 Å². The van der Waals surface area contributed by atoms with Crippen LogP contribution in [0.5, 0.6) is 0 Å². The summed E-state index contributed by atoms with van der Waals surface area (Å²) in [5, 5.41) is 4.86. The van der Waals surface area contributed by atoms with Gasteiger partial charge in [0.1, 0.15) is 11.2 Å². The lowest BCUT2D eigenvalue weighted by molar-refractivity contribution is 0.195. The standard InChI is InChI=1S/C69H52BN3OS/c1-43-37-61-66-62(38-43)72(58-24-16-23-53-52-22-11-13-26-65(52)75-67(53)58)60-41-49(73-57-34-28-46(44-17-6-4-7-18-44)39-54(57)68(2)35-14-15-36-69(68,73)3)30-33-56(60)70(66)55-32-27-47(45-19-8-5-9-20-45)40-59(55)71(61)48-29-31-51-50-21-10-12-25-63(50)74-64(51)42-48/h4-13,16-34,37-42H,14-15,35-36H2,1-3H3. The number of rotatable bonds is 5. The van der Waals surface area contributed by atoms with Crippen LogP contribution in [0.3, 0.4) is 0 Å². The molecule has 0 amide bonds. The largest absolute Gasteiger partial charge is 0.456 e. The van der Waals surface area contributed by atoms with Gasteiger partial charge in [-0.15, -0.1) is 11.3 Å². The maximum absolute atomic E-state index is 6.65. The highest BCUT2D eigenvalue weighted by Crippen LogP contribution is 2.62. The normalized spacial score (nSPS) is 18.4. The Labute approximate surface area is 441 Å². The Morgan fingerprint density at radius 1 is 0.453 bits per heavy atom. The monoisotopic (exact) mass is 981 g/mol. The number of fused-ring (bicyclic) bond motifs is 13. The summed E-state index contributed by atoms with van der Waals surface area (Å²) in [7, 11) is 0. The maximum Gasteiger partial charge on any atom is 0.252 e. The molecule has 0 radical (unpaired) electrons. The van der Waals surface area contributed by atoms with Crippen molar-refractivity contribution in [1.82, 2.24) is 0 Å². The number of hydrogen-bond donors (Lipinski definition) is 0. The minimum absolute atomic E-state index is 0.0319. The van der Waals surface area contributed by atoms with Crippen LogP contribution in [0.1, 0.15) is 50.7 Å². The summed E-state index contributed by atoms with van der Waals surface area (Å²) >= 11 is 1.91. The van der Waals surface area contributed by atoms with Crippen molar-refractivity contribution in [2.75, 3.05) is 14.7 Å². The fraction of sp³-hybridized carbons (Fsp3) is 0.130. The van der Waals surface area contributed by atoms with Crippen molar-refractivity contribution in [3.05, 3.63) is 223 Å². The van der Waals surface area contributed by atoms with E-state index in [1.54, 1.807) is 0 Å². The lowest BCUT2D eigenvalue weighted by Crippen LogP contribution is -2.61. The van der Waals surface area contributed by atoms with Crippen LogP contribution in [0.15, 0.2) is 217 Å². The summed E-state index contributed by atoms with van der Waals surface area (Å²) in [4.78, 5) is 7.95. The molecule has 5 heterocycles. The Kier molecular flexibility index (Phi) is 9.11. The van der Waals surface area contributed by atoms with E-state index >= 15 is 0 Å². The zero-order valence-corrected chi connectivity index (χ0v) is 43.1. The van der Waals surface area contributed by atoms with E-state index in [-0.39, 0.29) is 17.7 Å². The molecule has 2 unspecified atom stereocenters. The summed E-state index contributed by atoms with van der Waals surface area (Å²) in [5.74, 6) is 0. The van der Waals surface area contributed by atoms with Crippen molar-refractivity contribution in [2.45, 2.75) is 57.4 Å². The van der Waals surface area contributed by atoms with Gasteiger partial charge in [-0.05, 0) is 149 Å². The second-order valence-corrected chi connectivity index (χ2v) is 23.0. The van der Waals surface area contributed by atoms with E-state index in [0.717, 1.165) is 40.5 Å². The Hall–Kier alpha value is -8.32. The van der Waals surface area contributed by atoms with Gasteiger partial charge < -0.3 is 19.1 Å². The molecule has 6 heteroatoms. The summed E-state index contributed by atoms with van der Waals surface area (Å²) in [6.45, 7) is 7.36. The summed E-state index contributed by atoms with van der Waals surface area (Å²) < 4.78 is 9.25. The first-order chi connectivity index (χ1) is 36.8. The van der Waals surface area contributed by atoms with Crippen molar-refractivity contribution >= 4 is 122 Å². The predicted octanol–water partition coefficient (Wildman–Crippen LogP) is 17.4. The van der Waals surface area contributed by atoms with E-state index < -0.39 is 0 Å². The lowest BCUT2D eigenvalue weighted by Gasteiger charge is -2.50. The third kappa shape index (κ3) is 6.06. The highest BCUT2D eigenvalue weighted by atomic mass is 32.1. The molecule has 10 aromatic carbocycles. The molecule has 4 aliphatic rings. The van der Waals surface area contributed by atoms with Gasteiger partial charge in [0.05, 0.1) is 15.9 Å². The van der Waals surface area contributed by atoms with Crippen molar-refractivity contribution in [1.29, 1.82) is 0 Å². The number of anilines is 8. The first kappa shape index (κ1) is 43.1. The maximum atomic E-state index is 6.65. The Morgan fingerprint density at radius 2 is 1.09 bits per heavy atom. The van der Waals surface area contributed by atoms with Gasteiger partial charge in [-0.2, -0.15) is 0 Å². The van der Waals surface area contributed by atoms with Crippen molar-refractivity contribution in [2.24, 2.45) is 0 Å². The average molecular weight is 982 g/mol. The SMILES string of the molecule is Cc1cc2c3c(c1)N(c1cccc4c1sc1ccccc14)c1cc(N4c5ccc(-c6ccccc6)cc5C5(C)CCCCC45C)ccc1B3c1ccc(-c3ccccc3)cc1N2c1ccc2c(c1)oc1ccccc12. The number of thiophene rings is 1. The molecular formula is C69H52BN3OS. The van der Waals surface area contributed by atoms with E-state index in [1.807, 2.05) is 11.3 Å². The molecule has 2 atom stereocenters. The van der Waals surface area contributed by atoms with Gasteiger partial charge in [0, 0.05) is 77.5 Å². The molecule has 0 saturated heterocycles. The van der Waals surface area contributed by atoms with Crippen molar-refractivity contribution in [3.8, 4) is 22.3 Å². The van der Waals surface area contributed by atoms with Gasteiger partial charge in [0.2, 0.25) is 0 Å². The molecular weight excluding hydrogens is 930 g/mol. The molecule has 1 fully saturated rings. The number of aryl methyl sites for hydroxylation is 1. The topological polar surface area (TPSA) is 22.9 Å². The number of benzene rings is 10. The third-order valence-corrected chi connectivity index (χ3v) is 19.2. The zero-order valence-electron chi connectivity index (χ0n) is 42.3. The number of furan rings is 1. The minimum Gasteiger partial charge on any atom is -0.456 e. The van der Waals surface area contributed by atoms with Gasteiger partial charge in [0.25, 0.3) is 6.71 Å². The fourth-order valence-electron chi connectivity index (χ4n) is 14.3. The molecule has 4 nitrogen and oxygen atoms in total. The minimum atomic E-state index is -0.128. The molecule has 3 aliphatic heterocycles. The summed E-state index contributed by atoms with van der Waals surface area (Å²) in [5.41, 5.74) is 22.9. The second kappa shape index (κ2) is 15.8. The van der Waals surface area contributed by atoms with Crippen LogP contribution in [0.2, 0.25) is 0 Å². The van der Waals surface area contributed by atoms with E-state index in [1.165, 1.54) is 123 Å². The summed E-state index contributed by atoms with van der Waals surface area (Å²) in [6.07, 6.45) is 4.74. The quantitative estimate of drug-likeness (QED) is 0.160. The molecule has 1 aliphatic carbocycles. The Bertz CT molecular complexity index is 4350. The summed E-state index contributed by atoms with van der Waals surface area (Å²) in [6, 6.07) is 79.9. The van der Waals surface area contributed by atoms with Gasteiger partial charge in [-0.3, -0.25) is 0 Å². The average Bonchev–Trinajstić information content (AvgIpc) is 4.29. The van der Waals surface area contributed by atoms with E-state index in [9.17, 15) is 0 Å². The Morgan fingerprint density at radius 3 is 1.91 bits per heavy atom. The molecule has 2 aromatic heterocycles. The van der Waals surface area contributed by atoms with Crippen LogP contribution in [-0.4, -0.2) is 12.3 Å². The van der Waals surface area contributed by atoms with Gasteiger partial charge in [-0.25, -0.2) is 0 Å². The first-order valence-electron chi connectivity index (χ1n) is 26.7. The van der Waals surface area contributed by atoms with Crippen molar-refractivity contribution in [3.63, 3.8) is 0 Å². The van der Waals surface area contributed by atoms with E-state index in [2.05, 4.69) is 248 Å². The lowest BCUT2D eigenvalue weighted by atomic mass is 9.33. The van der Waals surface area contributed by atoms with Gasteiger partial charge in [-0.1, -0.05) is 153 Å². The van der Waals surface area contributed by atoms with E-state index in [0.29, 0.717) is 0 Å². The van der Waals surface area contributed by atoms with Crippen molar-refractivity contribution < 1.29 is 4.42 Å². The van der Waals surface area contributed by atoms with Crippen LogP contribution >= 0.6 is 11.3 Å². The molecule has 0 spiro atoms. The highest BCUT2D eigenvalue weighted by molar-refractivity contribution is 7.26. The number of para-hydroxylation sites is 1. The first-order valence-corrected chi connectivity index (χ1v) is 27.5. The Balaban J connectivity index is 0.967. The molecule has 0 bridgehead atoms. The number of hydrogen-bond acceptors (Lipinski definition) is 5. The smallest absolute Gasteiger partial charge is 0.252 e. The predicted molar refractivity (Wildman–Crippen MR) is 319 cm³/mol. The van der Waals surface area contributed by atoms with Gasteiger partial charge >= 0.3 is 0 Å². The molecule has 75 heavy (non-hydrogen) atoms. The third-order valence-electron chi connectivity index (χ3n) is 18.0. The van der Waals surface area contributed by atoms with E-state index in [4.69, 9.17) is 4.42 Å². The second-order valence-electron chi connectivity index (χ2n) is 22.0. The van der Waals surface area contributed by atoms with Crippen LogP contribution in [0.4, 0.5) is 45.5 Å².